The Morgan fingerprint density at radius 1 is 0.958 bits per heavy atom. The number of anilines is 3. The van der Waals surface area contributed by atoms with E-state index < -0.39 is 6.10 Å². The van der Waals surface area contributed by atoms with Crippen LogP contribution < -0.4 is 16.0 Å². The second-order valence-corrected chi connectivity index (χ2v) is 5.94. The number of aliphatic hydroxyl groups is 1. The number of fused-ring (bicyclic) bond motifs is 1. The predicted octanol–water partition coefficient (Wildman–Crippen LogP) is 1.88. The molecule has 0 saturated heterocycles. The zero-order valence-corrected chi connectivity index (χ0v) is 15.0. The summed E-state index contributed by atoms with van der Waals surface area (Å²) in [5, 5.41) is 19.1. The standard InChI is InChI=1S/C16H27N7O/c1-6-7-19-14-13-12(21-16(18-5)23-14)11(8-9(2)10(3)24)20-15(17-4)22-13/h9-10,24H,6-8H2,1-5H3,(H,17,20,22)(H2,18,19,21,23). The third kappa shape index (κ3) is 4.00. The third-order valence-electron chi connectivity index (χ3n) is 3.94. The maximum Gasteiger partial charge on any atom is 0.225 e. The van der Waals surface area contributed by atoms with Crippen LogP contribution in [0.25, 0.3) is 11.0 Å². The van der Waals surface area contributed by atoms with Gasteiger partial charge in [0.05, 0.1) is 11.8 Å². The van der Waals surface area contributed by atoms with Crippen LogP contribution >= 0.6 is 0 Å². The summed E-state index contributed by atoms with van der Waals surface area (Å²) in [6.45, 7) is 6.68. The lowest BCUT2D eigenvalue weighted by molar-refractivity contribution is 0.135. The van der Waals surface area contributed by atoms with Crippen LogP contribution in [0.5, 0.6) is 0 Å². The largest absolute Gasteiger partial charge is 0.393 e. The molecule has 8 nitrogen and oxygen atoms in total. The number of hydrogen-bond acceptors (Lipinski definition) is 8. The van der Waals surface area contributed by atoms with Gasteiger partial charge in [0.1, 0.15) is 11.0 Å². The summed E-state index contributed by atoms with van der Waals surface area (Å²) in [6, 6.07) is 0. The highest BCUT2D eigenvalue weighted by Gasteiger charge is 2.18. The van der Waals surface area contributed by atoms with Crippen molar-refractivity contribution in [2.24, 2.45) is 5.92 Å². The van der Waals surface area contributed by atoms with Gasteiger partial charge in [-0.3, -0.25) is 0 Å². The summed E-state index contributed by atoms with van der Waals surface area (Å²) >= 11 is 0. The minimum Gasteiger partial charge on any atom is -0.393 e. The molecule has 0 fully saturated rings. The van der Waals surface area contributed by atoms with Gasteiger partial charge >= 0.3 is 0 Å². The summed E-state index contributed by atoms with van der Waals surface area (Å²) < 4.78 is 0. The van der Waals surface area contributed by atoms with E-state index in [2.05, 4.69) is 42.8 Å². The van der Waals surface area contributed by atoms with E-state index in [1.165, 1.54) is 0 Å². The number of aliphatic hydroxyl groups excluding tert-OH is 1. The van der Waals surface area contributed by atoms with Crippen LogP contribution in [-0.4, -0.2) is 51.8 Å². The minimum atomic E-state index is -0.420. The van der Waals surface area contributed by atoms with Crippen LogP contribution in [-0.2, 0) is 6.42 Å². The van der Waals surface area contributed by atoms with E-state index in [-0.39, 0.29) is 5.92 Å². The lowest BCUT2D eigenvalue weighted by atomic mass is 9.99. The molecular formula is C16H27N7O. The third-order valence-corrected chi connectivity index (χ3v) is 3.94. The lowest BCUT2D eigenvalue weighted by Gasteiger charge is -2.17. The molecule has 2 rings (SSSR count). The Bertz CT molecular complexity index is 690. The second kappa shape index (κ2) is 8.05. The van der Waals surface area contributed by atoms with Gasteiger partial charge in [-0.2, -0.15) is 4.98 Å². The number of aromatic nitrogens is 4. The normalized spacial score (nSPS) is 13.6. The molecule has 2 aromatic rings. The molecule has 0 spiro atoms. The fourth-order valence-corrected chi connectivity index (χ4v) is 2.28. The van der Waals surface area contributed by atoms with Crippen molar-refractivity contribution in [3.05, 3.63) is 5.69 Å². The molecule has 2 unspecified atom stereocenters. The zero-order valence-electron chi connectivity index (χ0n) is 15.0. The van der Waals surface area contributed by atoms with E-state index in [9.17, 15) is 5.11 Å². The Hall–Kier alpha value is -2.22. The first-order chi connectivity index (χ1) is 11.5. The smallest absolute Gasteiger partial charge is 0.225 e. The summed E-state index contributed by atoms with van der Waals surface area (Å²) in [7, 11) is 3.57. The highest BCUT2D eigenvalue weighted by molar-refractivity contribution is 5.88. The van der Waals surface area contributed by atoms with Crippen molar-refractivity contribution in [1.29, 1.82) is 0 Å². The van der Waals surface area contributed by atoms with Gasteiger partial charge in [-0.15, -0.1) is 0 Å². The summed E-state index contributed by atoms with van der Waals surface area (Å²) in [4.78, 5) is 18.1. The van der Waals surface area contributed by atoms with Gasteiger partial charge in [0.15, 0.2) is 5.82 Å². The van der Waals surface area contributed by atoms with Gasteiger partial charge in [-0.25, -0.2) is 15.0 Å². The zero-order chi connectivity index (χ0) is 17.7. The number of rotatable bonds is 8. The van der Waals surface area contributed by atoms with Crippen LogP contribution in [0.4, 0.5) is 17.7 Å². The average Bonchev–Trinajstić information content (AvgIpc) is 2.59. The van der Waals surface area contributed by atoms with E-state index >= 15 is 0 Å². The van der Waals surface area contributed by atoms with E-state index in [0.717, 1.165) is 18.7 Å². The van der Waals surface area contributed by atoms with Crippen LogP contribution in [0, 0.1) is 5.92 Å². The Kier molecular flexibility index (Phi) is 6.08. The molecule has 0 aliphatic carbocycles. The maximum absolute atomic E-state index is 9.84. The van der Waals surface area contributed by atoms with Gasteiger partial charge in [-0.05, 0) is 25.7 Å². The van der Waals surface area contributed by atoms with Gasteiger partial charge < -0.3 is 21.1 Å². The molecule has 4 N–H and O–H groups in total. The SMILES string of the molecule is CCCNc1nc(NC)nc2c(CC(C)C(C)O)nc(NC)nc12. The molecule has 8 heteroatoms. The Morgan fingerprint density at radius 3 is 2.17 bits per heavy atom. The van der Waals surface area contributed by atoms with E-state index in [4.69, 9.17) is 0 Å². The van der Waals surface area contributed by atoms with Crippen LogP contribution in [0.1, 0.15) is 32.9 Å². The molecule has 0 amide bonds. The summed E-state index contributed by atoms with van der Waals surface area (Å²) in [6.07, 6.45) is 1.17. The fraction of sp³-hybridized carbons (Fsp3) is 0.625. The van der Waals surface area contributed by atoms with Crippen LogP contribution in [0.3, 0.4) is 0 Å². The molecule has 0 aromatic carbocycles. The topological polar surface area (TPSA) is 108 Å². The summed E-state index contributed by atoms with van der Waals surface area (Å²) in [5.74, 6) is 1.80. The van der Waals surface area contributed by atoms with Gasteiger partial charge in [-0.1, -0.05) is 13.8 Å². The first-order valence-electron chi connectivity index (χ1n) is 8.36. The van der Waals surface area contributed by atoms with E-state index in [1.807, 2.05) is 6.92 Å². The molecule has 2 atom stereocenters. The van der Waals surface area contributed by atoms with Crippen molar-refractivity contribution >= 4 is 28.7 Å². The molecule has 132 valence electrons. The van der Waals surface area contributed by atoms with Gasteiger partial charge in [0.2, 0.25) is 11.9 Å². The first-order valence-corrected chi connectivity index (χ1v) is 8.36. The minimum absolute atomic E-state index is 0.0628. The monoisotopic (exact) mass is 333 g/mol. The highest BCUT2D eigenvalue weighted by atomic mass is 16.3. The highest BCUT2D eigenvalue weighted by Crippen LogP contribution is 2.26. The number of nitrogens with zero attached hydrogens (tertiary/aromatic N) is 4. The van der Waals surface area contributed by atoms with E-state index in [0.29, 0.717) is 35.2 Å². The number of nitrogens with one attached hydrogen (secondary N) is 3. The maximum atomic E-state index is 9.84. The molecule has 0 aliphatic heterocycles. The predicted molar refractivity (Wildman–Crippen MR) is 97.6 cm³/mol. The van der Waals surface area contributed by atoms with E-state index in [1.54, 1.807) is 21.0 Å². The van der Waals surface area contributed by atoms with Crippen molar-refractivity contribution in [2.75, 3.05) is 36.6 Å². The second-order valence-electron chi connectivity index (χ2n) is 5.94. The molecule has 0 aliphatic rings. The summed E-state index contributed by atoms with van der Waals surface area (Å²) in [5.41, 5.74) is 2.20. The fourth-order valence-electron chi connectivity index (χ4n) is 2.28. The van der Waals surface area contributed by atoms with Crippen molar-refractivity contribution in [3.63, 3.8) is 0 Å². The van der Waals surface area contributed by atoms with Gasteiger partial charge in [0, 0.05) is 20.6 Å². The molecule has 2 heterocycles. The van der Waals surface area contributed by atoms with Crippen molar-refractivity contribution < 1.29 is 5.11 Å². The lowest BCUT2D eigenvalue weighted by Crippen LogP contribution is -2.18. The van der Waals surface area contributed by atoms with Gasteiger partial charge in [0.25, 0.3) is 0 Å². The average molecular weight is 333 g/mol. The van der Waals surface area contributed by atoms with Crippen LogP contribution in [0.15, 0.2) is 0 Å². The number of hydrogen-bond donors (Lipinski definition) is 4. The van der Waals surface area contributed by atoms with Crippen LogP contribution in [0.2, 0.25) is 0 Å². The Balaban J connectivity index is 2.62. The first kappa shape index (κ1) is 18.1. The Labute approximate surface area is 142 Å². The van der Waals surface area contributed by atoms with Crippen molar-refractivity contribution in [3.8, 4) is 0 Å². The molecule has 0 radical (unpaired) electrons. The molecular weight excluding hydrogens is 306 g/mol. The van der Waals surface area contributed by atoms with Crippen molar-refractivity contribution in [1.82, 2.24) is 19.9 Å². The molecule has 2 aromatic heterocycles. The molecule has 0 saturated carbocycles. The Morgan fingerprint density at radius 2 is 1.58 bits per heavy atom. The molecule has 24 heavy (non-hydrogen) atoms. The quantitative estimate of drug-likeness (QED) is 0.580. The molecule has 0 bridgehead atoms. The van der Waals surface area contributed by atoms with Crippen molar-refractivity contribution in [2.45, 2.75) is 39.7 Å².